The van der Waals surface area contributed by atoms with Gasteiger partial charge in [0.2, 0.25) is 0 Å². The summed E-state index contributed by atoms with van der Waals surface area (Å²) in [6, 6.07) is 7.70. The molecule has 3 heteroatoms. The minimum Gasteiger partial charge on any atom is -1.00 e. The fourth-order valence-electron chi connectivity index (χ4n) is 0.571. The smallest absolute Gasteiger partial charge is 1.00 e. The van der Waals surface area contributed by atoms with Crippen molar-refractivity contribution in [3.05, 3.63) is 28.7 Å². The fraction of sp³-hybridized carbons (Fsp3) is 0.143. The quantitative estimate of drug-likeness (QED) is 0.650. The summed E-state index contributed by atoms with van der Waals surface area (Å²) in [5, 5.41) is 0. The van der Waals surface area contributed by atoms with E-state index in [-0.39, 0.29) is 25.9 Å². The molecule has 0 unspecified atom stereocenters. The molecule has 1 nitrogen and oxygen atoms in total. The second-order valence-electron chi connectivity index (χ2n) is 1.66. The van der Waals surface area contributed by atoms with Crippen LogP contribution < -0.4 is 4.74 Å². The maximum Gasteiger partial charge on any atom is 2.00 e. The number of benzene rings is 1. The maximum absolute atomic E-state index is 4.95. The predicted octanol–water partition coefficient (Wildman–Crippen LogP) is 2.30. The number of ether oxygens (including phenoxy) is 1. The van der Waals surface area contributed by atoms with Gasteiger partial charge in [0.15, 0.2) is 0 Å². The molecule has 0 radical (unpaired) electrons. The second kappa shape index (κ2) is 4.99. The van der Waals surface area contributed by atoms with Gasteiger partial charge in [-0.1, -0.05) is 15.9 Å². The van der Waals surface area contributed by atoms with Crippen molar-refractivity contribution in [3.8, 4) is 5.75 Å². The van der Waals surface area contributed by atoms with Crippen LogP contribution in [-0.2, 0) is 0 Å². The standard InChI is InChI=1S/C7H7BrO.Mg.2H/c1-9-7-4-2-6(8)3-5-7;;;/h2-5H,1H3;;;/q;+2;2*-1. The van der Waals surface area contributed by atoms with Crippen LogP contribution in [0.25, 0.3) is 0 Å². The molecule has 0 heterocycles. The predicted molar refractivity (Wildman–Crippen MR) is 48.7 cm³/mol. The number of hydrogen-bond donors (Lipinski definition) is 0. The maximum atomic E-state index is 4.95. The zero-order valence-corrected chi connectivity index (χ0v) is 8.80. The van der Waals surface area contributed by atoms with E-state index in [1.54, 1.807) is 7.11 Å². The van der Waals surface area contributed by atoms with E-state index in [1.165, 1.54) is 0 Å². The Morgan fingerprint density at radius 3 is 2.20 bits per heavy atom. The van der Waals surface area contributed by atoms with Crippen LogP contribution >= 0.6 is 15.9 Å². The summed E-state index contributed by atoms with van der Waals surface area (Å²) >= 11 is 3.32. The second-order valence-corrected chi connectivity index (χ2v) is 2.57. The Hall–Kier alpha value is 0.266. The molecule has 52 valence electrons. The van der Waals surface area contributed by atoms with Crippen molar-refractivity contribution in [2.45, 2.75) is 0 Å². The molecule has 0 N–H and O–H groups in total. The van der Waals surface area contributed by atoms with Gasteiger partial charge in [-0.25, -0.2) is 0 Å². The van der Waals surface area contributed by atoms with Gasteiger partial charge in [0.1, 0.15) is 5.75 Å². The summed E-state index contributed by atoms with van der Waals surface area (Å²) in [4.78, 5) is 0. The minimum absolute atomic E-state index is 0. The van der Waals surface area contributed by atoms with E-state index in [2.05, 4.69) is 15.9 Å². The van der Waals surface area contributed by atoms with Crippen molar-refractivity contribution < 1.29 is 7.59 Å². The molecule has 0 saturated carbocycles. The molecule has 0 aliphatic carbocycles. The number of hydrogen-bond acceptors (Lipinski definition) is 1. The van der Waals surface area contributed by atoms with Crippen molar-refractivity contribution in [2.75, 3.05) is 7.11 Å². The first-order valence-corrected chi connectivity index (χ1v) is 3.42. The average Bonchev–Trinajstić information content (AvgIpc) is 1.90. The Morgan fingerprint density at radius 1 is 1.30 bits per heavy atom. The molecule has 0 atom stereocenters. The van der Waals surface area contributed by atoms with Gasteiger partial charge in [0.05, 0.1) is 7.11 Å². The van der Waals surface area contributed by atoms with E-state index in [1.807, 2.05) is 24.3 Å². The Balaban J connectivity index is -0.000000270. The summed E-state index contributed by atoms with van der Waals surface area (Å²) in [6.45, 7) is 0. The summed E-state index contributed by atoms with van der Waals surface area (Å²) in [5.41, 5.74) is 0. The molecule has 0 aliphatic heterocycles. The third-order valence-corrected chi connectivity index (χ3v) is 1.58. The Morgan fingerprint density at radius 2 is 1.80 bits per heavy atom. The van der Waals surface area contributed by atoms with Gasteiger partial charge >= 0.3 is 23.1 Å². The molecular weight excluding hydrogens is 204 g/mol. The molecule has 1 aromatic rings. The minimum atomic E-state index is 0. The first-order chi connectivity index (χ1) is 4.33. The van der Waals surface area contributed by atoms with Gasteiger partial charge in [0, 0.05) is 4.47 Å². The molecule has 0 spiro atoms. The van der Waals surface area contributed by atoms with Crippen LogP contribution in [0.4, 0.5) is 0 Å². The van der Waals surface area contributed by atoms with E-state index in [0.717, 1.165) is 10.2 Å². The van der Waals surface area contributed by atoms with Crippen molar-refractivity contribution in [2.24, 2.45) is 0 Å². The molecule has 0 saturated heterocycles. The molecular formula is C7H9BrMgO. The third-order valence-electron chi connectivity index (χ3n) is 1.05. The summed E-state index contributed by atoms with van der Waals surface area (Å²) in [5.74, 6) is 0.887. The molecule has 1 rings (SSSR count). The SMILES string of the molecule is COc1ccc(Br)cc1.[H-].[H-].[Mg+2]. The molecule has 0 fully saturated rings. The van der Waals surface area contributed by atoms with Crippen molar-refractivity contribution >= 4 is 39.0 Å². The topological polar surface area (TPSA) is 9.23 Å². The van der Waals surface area contributed by atoms with Gasteiger partial charge in [-0.05, 0) is 24.3 Å². The third kappa shape index (κ3) is 2.90. The summed E-state index contributed by atoms with van der Waals surface area (Å²) in [7, 11) is 1.66. The van der Waals surface area contributed by atoms with Crippen LogP contribution in [0.1, 0.15) is 2.85 Å². The Bertz CT molecular complexity index is 193. The largest absolute Gasteiger partial charge is 2.00 e. The van der Waals surface area contributed by atoms with Crippen molar-refractivity contribution in [3.63, 3.8) is 0 Å². The van der Waals surface area contributed by atoms with Gasteiger partial charge in [-0.2, -0.15) is 0 Å². The van der Waals surface area contributed by atoms with Gasteiger partial charge in [-0.15, -0.1) is 0 Å². The van der Waals surface area contributed by atoms with Crippen LogP contribution in [0.3, 0.4) is 0 Å². The fourth-order valence-corrected chi connectivity index (χ4v) is 0.835. The number of halogens is 1. The molecule has 0 aromatic heterocycles. The zero-order valence-electron chi connectivity index (χ0n) is 7.80. The normalized spacial score (nSPS) is 8.20. The van der Waals surface area contributed by atoms with Crippen molar-refractivity contribution in [1.82, 2.24) is 0 Å². The van der Waals surface area contributed by atoms with E-state index in [4.69, 9.17) is 4.74 Å². The molecule has 0 aliphatic rings. The van der Waals surface area contributed by atoms with E-state index in [9.17, 15) is 0 Å². The molecule has 0 amide bonds. The van der Waals surface area contributed by atoms with Crippen LogP contribution in [0.5, 0.6) is 5.75 Å². The van der Waals surface area contributed by atoms with E-state index < -0.39 is 0 Å². The average molecular weight is 213 g/mol. The molecule has 1 aromatic carbocycles. The van der Waals surface area contributed by atoms with E-state index in [0.29, 0.717) is 0 Å². The number of rotatable bonds is 1. The molecule has 10 heavy (non-hydrogen) atoms. The molecule has 0 bridgehead atoms. The first kappa shape index (κ1) is 10.3. The zero-order chi connectivity index (χ0) is 6.69. The van der Waals surface area contributed by atoms with Gasteiger partial charge in [0.25, 0.3) is 0 Å². The van der Waals surface area contributed by atoms with Crippen LogP contribution in [0, 0.1) is 0 Å². The summed E-state index contributed by atoms with van der Waals surface area (Å²) in [6.07, 6.45) is 0. The Kier molecular flexibility index (Phi) is 5.12. The van der Waals surface area contributed by atoms with Crippen LogP contribution in [0.2, 0.25) is 0 Å². The van der Waals surface area contributed by atoms with Gasteiger partial charge in [-0.3, -0.25) is 0 Å². The number of methoxy groups -OCH3 is 1. The van der Waals surface area contributed by atoms with Crippen LogP contribution in [-0.4, -0.2) is 30.2 Å². The van der Waals surface area contributed by atoms with E-state index >= 15 is 0 Å². The Labute approximate surface area is 88.0 Å². The van der Waals surface area contributed by atoms with Gasteiger partial charge < -0.3 is 7.59 Å². The summed E-state index contributed by atoms with van der Waals surface area (Å²) < 4.78 is 6.02. The van der Waals surface area contributed by atoms with Crippen molar-refractivity contribution in [1.29, 1.82) is 0 Å². The first-order valence-electron chi connectivity index (χ1n) is 2.62. The van der Waals surface area contributed by atoms with Crippen LogP contribution in [0.15, 0.2) is 28.7 Å². The monoisotopic (exact) mass is 212 g/mol.